The number of hydrogen-bond acceptors (Lipinski definition) is 2. The van der Waals surface area contributed by atoms with Crippen LogP contribution in [-0.2, 0) is 4.79 Å². The van der Waals surface area contributed by atoms with Gasteiger partial charge in [-0.1, -0.05) is 51.2 Å². The molecule has 0 atom stereocenters. The Hall–Kier alpha value is -0.640. The highest BCUT2D eigenvalue weighted by Crippen LogP contribution is 2.08. The van der Waals surface area contributed by atoms with E-state index in [0.29, 0.717) is 24.5 Å². The predicted octanol–water partition coefficient (Wildman–Crippen LogP) is 2.87. The Labute approximate surface area is 111 Å². The van der Waals surface area contributed by atoms with E-state index in [-0.39, 0.29) is 5.91 Å². The summed E-state index contributed by atoms with van der Waals surface area (Å²) in [5.74, 6) is 0.177. The first-order chi connectivity index (χ1) is 8.11. The second-order valence-corrected chi connectivity index (χ2v) is 4.92. The van der Waals surface area contributed by atoms with Crippen LogP contribution < -0.4 is 5.73 Å². The van der Waals surface area contributed by atoms with Crippen molar-refractivity contribution in [3.63, 3.8) is 0 Å². The largest absolute Gasteiger partial charge is 0.392 e. The third kappa shape index (κ3) is 9.10. The fraction of sp³-hybridized carbons (Fsp3) is 0.846. The molecule has 4 heteroatoms. The molecular weight excluding hydrogens is 232 g/mol. The van der Waals surface area contributed by atoms with E-state index in [1.54, 1.807) is 4.90 Å². The standard InChI is InChI=1S/C13H26N2OS/c1-3-5-6-7-8-9-10-13(16)15(4-2)11-12(14)17/h3-11H2,1-2H3,(H2,14,17). The van der Waals surface area contributed by atoms with Gasteiger partial charge in [-0.25, -0.2) is 0 Å². The van der Waals surface area contributed by atoms with Crippen LogP contribution in [0.15, 0.2) is 0 Å². The van der Waals surface area contributed by atoms with E-state index >= 15 is 0 Å². The van der Waals surface area contributed by atoms with Gasteiger partial charge in [0, 0.05) is 13.0 Å². The van der Waals surface area contributed by atoms with Crippen LogP contribution in [0.4, 0.5) is 0 Å². The van der Waals surface area contributed by atoms with E-state index < -0.39 is 0 Å². The summed E-state index contributed by atoms with van der Waals surface area (Å²) >= 11 is 4.82. The summed E-state index contributed by atoms with van der Waals surface area (Å²) in [5.41, 5.74) is 5.45. The third-order valence-corrected chi connectivity index (χ3v) is 2.95. The van der Waals surface area contributed by atoms with E-state index in [1.165, 1.54) is 25.7 Å². The van der Waals surface area contributed by atoms with Crippen molar-refractivity contribution in [2.45, 2.75) is 58.8 Å². The molecule has 0 aliphatic heterocycles. The minimum atomic E-state index is 0.177. The van der Waals surface area contributed by atoms with Gasteiger partial charge >= 0.3 is 0 Å². The van der Waals surface area contributed by atoms with E-state index in [4.69, 9.17) is 18.0 Å². The summed E-state index contributed by atoms with van der Waals surface area (Å²) in [6, 6.07) is 0. The minimum absolute atomic E-state index is 0.177. The second kappa shape index (κ2) is 10.5. The number of hydrogen-bond donors (Lipinski definition) is 1. The molecule has 17 heavy (non-hydrogen) atoms. The first-order valence-corrected chi connectivity index (χ1v) is 7.08. The van der Waals surface area contributed by atoms with Gasteiger partial charge in [0.15, 0.2) is 0 Å². The highest BCUT2D eigenvalue weighted by atomic mass is 32.1. The molecule has 0 unspecified atom stereocenters. The number of amides is 1. The van der Waals surface area contributed by atoms with E-state index in [0.717, 1.165) is 12.8 Å². The van der Waals surface area contributed by atoms with Crippen molar-refractivity contribution in [3.05, 3.63) is 0 Å². The van der Waals surface area contributed by atoms with Crippen LogP contribution in [0.5, 0.6) is 0 Å². The van der Waals surface area contributed by atoms with E-state index in [1.807, 2.05) is 6.92 Å². The molecule has 0 rings (SSSR count). The van der Waals surface area contributed by atoms with E-state index in [2.05, 4.69) is 6.92 Å². The summed E-state index contributed by atoms with van der Waals surface area (Å²) in [4.78, 5) is 13.9. The fourth-order valence-electron chi connectivity index (χ4n) is 1.78. The lowest BCUT2D eigenvalue weighted by molar-refractivity contribution is -0.130. The molecule has 0 spiro atoms. The number of carbonyl (C=O) groups is 1. The number of nitrogens with zero attached hydrogens (tertiary/aromatic N) is 1. The van der Waals surface area contributed by atoms with Crippen LogP contribution in [0, 0.1) is 0 Å². The smallest absolute Gasteiger partial charge is 0.222 e. The number of unbranched alkanes of at least 4 members (excludes halogenated alkanes) is 5. The average molecular weight is 258 g/mol. The molecule has 0 saturated carbocycles. The molecule has 2 N–H and O–H groups in total. The molecule has 0 aromatic heterocycles. The van der Waals surface area contributed by atoms with Crippen molar-refractivity contribution in [2.24, 2.45) is 5.73 Å². The van der Waals surface area contributed by atoms with Gasteiger partial charge in [-0.15, -0.1) is 0 Å². The lowest BCUT2D eigenvalue weighted by atomic mass is 10.1. The highest BCUT2D eigenvalue weighted by molar-refractivity contribution is 7.80. The number of carbonyl (C=O) groups excluding carboxylic acids is 1. The number of thiocarbonyl (C=S) groups is 1. The molecule has 0 bridgehead atoms. The van der Waals surface area contributed by atoms with Gasteiger partial charge in [0.25, 0.3) is 0 Å². The summed E-state index contributed by atoms with van der Waals surface area (Å²) in [7, 11) is 0. The minimum Gasteiger partial charge on any atom is -0.392 e. The second-order valence-electron chi connectivity index (χ2n) is 4.39. The van der Waals surface area contributed by atoms with Crippen molar-refractivity contribution in [1.29, 1.82) is 0 Å². The summed E-state index contributed by atoms with van der Waals surface area (Å²) in [6.07, 6.45) is 7.85. The van der Waals surface area contributed by atoms with Gasteiger partial charge in [-0.2, -0.15) is 0 Å². The third-order valence-electron chi connectivity index (χ3n) is 2.83. The molecular formula is C13H26N2OS. The topological polar surface area (TPSA) is 46.3 Å². The Kier molecular flexibility index (Phi) is 10.1. The highest BCUT2D eigenvalue weighted by Gasteiger charge is 2.11. The molecule has 0 aromatic rings. The van der Waals surface area contributed by atoms with Crippen LogP contribution in [0.25, 0.3) is 0 Å². The first kappa shape index (κ1) is 16.4. The lowest BCUT2D eigenvalue weighted by Gasteiger charge is -2.19. The normalized spacial score (nSPS) is 10.2. The average Bonchev–Trinajstić information content (AvgIpc) is 2.30. The zero-order valence-corrected chi connectivity index (χ0v) is 12.0. The zero-order valence-electron chi connectivity index (χ0n) is 11.2. The molecule has 3 nitrogen and oxygen atoms in total. The summed E-state index contributed by atoms with van der Waals surface area (Å²) in [6.45, 7) is 5.27. The molecule has 0 saturated heterocycles. The van der Waals surface area contributed by atoms with Gasteiger partial charge in [-0.3, -0.25) is 4.79 Å². The van der Waals surface area contributed by atoms with Crippen LogP contribution >= 0.6 is 12.2 Å². The maximum absolute atomic E-state index is 11.8. The molecule has 0 aliphatic carbocycles. The quantitative estimate of drug-likeness (QED) is 0.484. The number of nitrogens with two attached hydrogens (primary N) is 1. The molecule has 0 aromatic carbocycles. The first-order valence-electron chi connectivity index (χ1n) is 6.67. The Balaban J connectivity index is 3.64. The predicted molar refractivity (Wildman–Crippen MR) is 77.0 cm³/mol. The number of rotatable bonds is 10. The summed E-state index contributed by atoms with van der Waals surface area (Å²) in [5, 5.41) is 0. The molecule has 0 radical (unpaired) electrons. The van der Waals surface area contributed by atoms with Crippen LogP contribution in [0.1, 0.15) is 58.8 Å². The summed E-state index contributed by atoms with van der Waals surface area (Å²) < 4.78 is 0. The maximum Gasteiger partial charge on any atom is 0.222 e. The van der Waals surface area contributed by atoms with Gasteiger partial charge in [0.05, 0.1) is 11.5 Å². The maximum atomic E-state index is 11.8. The van der Waals surface area contributed by atoms with Crippen molar-refractivity contribution < 1.29 is 4.79 Å². The van der Waals surface area contributed by atoms with Crippen molar-refractivity contribution in [1.82, 2.24) is 4.90 Å². The Morgan fingerprint density at radius 3 is 2.24 bits per heavy atom. The van der Waals surface area contributed by atoms with Crippen molar-refractivity contribution in [3.8, 4) is 0 Å². The van der Waals surface area contributed by atoms with E-state index in [9.17, 15) is 4.79 Å². The van der Waals surface area contributed by atoms with Gasteiger partial charge in [-0.05, 0) is 13.3 Å². The van der Waals surface area contributed by atoms with Crippen molar-refractivity contribution in [2.75, 3.05) is 13.1 Å². The van der Waals surface area contributed by atoms with Crippen LogP contribution in [-0.4, -0.2) is 28.9 Å². The Morgan fingerprint density at radius 1 is 1.12 bits per heavy atom. The van der Waals surface area contributed by atoms with Gasteiger partial charge in [0.2, 0.25) is 5.91 Å². The molecule has 0 heterocycles. The molecule has 0 aliphatic rings. The number of likely N-dealkylation sites (N-methyl/N-ethyl adjacent to an activating group) is 1. The van der Waals surface area contributed by atoms with Crippen molar-refractivity contribution >= 4 is 23.1 Å². The van der Waals surface area contributed by atoms with Crippen LogP contribution in [0.2, 0.25) is 0 Å². The Bertz CT molecular complexity index is 231. The SMILES string of the molecule is CCCCCCCCC(=O)N(CC)CC(N)=S. The monoisotopic (exact) mass is 258 g/mol. The Morgan fingerprint density at radius 2 is 1.71 bits per heavy atom. The molecule has 100 valence electrons. The zero-order chi connectivity index (χ0) is 13.1. The van der Waals surface area contributed by atoms with Gasteiger partial charge < -0.3 is 10.6 Å². The lowest BCUT2D eigenvalue weighted by Crippen LogP contribution is -2.37. The molecule has 0 fully saturated rings. The van der Waals surface area contributed by atoms with Crippen LogP contribution in [0.3, 0.4) is 0 Å². The molecule has 1 amide bonds. The fourth-order valence-corrected chi connectivity index (χ4v) is 1.93. The van der Waals surface area contributed by atoms with Gasteiger partial charge in [0.1, 0.15) is 0 Å².